The highest BCUT2D eigenvalue weighted by Crippen LogP contribution is 2.38. The fourth-order valence-electron chi connectivity index (χ4n) is 5.21. The first kappa shape index (κ1) is 19.5. The number of anilines is 2. The van der Waals surface area contributed by atoms with Crippen molar-refractivity contribution in [2.24, 2.45) is 0 Å². The average Bonchev–Trinajstić information content (AvgIpc) is 3.62. The second-order valence-corrected chi connectivity index (χ2v) is 10.0. The third kappa shape index (κ3) is 4.44. The lowest BCUT2D eigenvalue weighted by Gasteiger charge is -2.24. The highest BCUT2D eigenvalue weighted by Gasteiger charge is 2.23. The van der Waals surface area contributed by atoms with Crippen LogP contribution in [0.5, 0.6) is 5.75 Å². The van der Waals surface area contributed by atoms with Crippen molar-refractivity contribution in [3.8, 4) is 22.8 Å². The summed E-state index contributed by atoms with van der Waals surface area (Å²) < 4.78 is 44.8. The van der Waals surface area contributed by atoms with Crippen LogP contribution in [-0.2, 0) is 0 Å². The molecule has 0 bridgehead atoms. The molecule has 39 heavy (non-hydrogen) atoms. The van der Waals surface area contributed by atoms with Crippen LogP contribution in [0, 0.1) is 0 Å². The van der Waals surface area contributed by atoms with Crippen LogP contribution in [0.25, 0.3) is 28.1 Å². The summed E-state index contributed by atoms with van der Waals surface area (Å²) in [4.78, 5) is 9.05. The predicted molar refractivity (Wildman–Crippen MR) is 162 cm³/mol. The Morgan fingerprint density at radius 1 is 0.821 bits per heavy atom. The van der Waals surface area contributed by atoms with Gasteiger partial charge < -0.3 is 14.9 Å². The van der Waals surface area contributed by atoms with Crippen LogP contribution in [0.2, 0.25) is 0 Å². The quantitative estimate of drug-likeness (QED) is 0.245. The van der Waals surface area contributed by atoms with Crippen molar-refractivity contribution >= 4 is 22.4 Å². The van der Waals surface area contributed by atoms with E-state index in [2.05, 4.69) is 4.90 Å². The lowest BCUT2D eigenvalue weighted by molar-refractivity contribution is 0.475. The van der Waals surface area contributed by atoms with Crippen molar-refractivity contribution in [1.82, 2.24) is 9.55 Å². The van der Waals surface area contributed by atoms with Crippen molar-refractivity contribution in [3.05, 3.63) is 115 Å². The molecule has 0 spiro atoms. The normalized spacial score (nSPS) is 17.4. The average molecular weight is 520 g/mol. The fourth-order valence-corrected chi connectivity index (χ4v) is 5.21. The van der Waals surface area contributed by atoms with E-state index in [0.717, 1.165) is 16.8 Å². The van der Waals surface area contributed by atoms with Gasteiger partial charge in [-0.2, -0.15) is 0 Å². The first-order valence-corrected chi connectivity index (χ1v) is 13.0. The maximum absolute atomic E-state index is 10.4. The van der Waals surface area contributed by atoms with Crippen LogP contribution >= 0.6 is 0 Å². The molecule has 0 aliphatic carbocycles. The third-order valence-electron chi connectivity index (χ3n) is 7.12. The molecule has 5 aromatic rings. The van der Waals surface area contributed by atoms with Gasteiger partial charge in [0.1, 0.15) is 11.6 Å². The minimum atomic E-state index is -2.62. The van der Waals surface area contributed by atoms with Crippen molar-refractivity contribution < 1.29 is 12.0 Å². The highest BCUT2D eigenvalue weighted by atomic mass is 16.3. The topological polar surface area (TPSA) is 44.5 Å². The zero-order valence-corrected chi connectivity index (χ0v) is 22.3. The van der Waals surface area contributed by atoms with Crippen molar-refractivity contribution in [2.45, 2.75) is 39.4 Å². The maximum Gasteiger partial charge on any atom is 0.145 e. The number of fused-ring (bicyclic) bond motifs is 1. The van der Waals surface area contributed by atoms with E-state index in [9.17, 15) is 5.11 Å². The van der Waals surface area contributed by atoms with Gasteiger partial charge in [0.15, 0.2) is 0 Å². The summed E-state index contributed by atoms with van der Waals surface area (Å²) in [5.41, 5.74) is 5.24. The second kappa shape index (κ2) is 9.99. The summed E-state index contributed by atoms with van der Waals surface area (Å²) in [7, 11) is 0. The molecule has 1 N–H and O–H groups in total. The van der Waals surface area contributed by atoms with Crippen LogP contribution in [0.3, 0.4) is 0 Å². The van der Waals surface area contributed by atoms with Gasteiger partial charge in [0.05, 0.1) is 29.1 Å². The van der Waals surface area contributed by atoms with E-state index in [-0.39, 0.29) is 5.75 Å². The summed E-state index contributed by atoms with van der Waals surface area (Å²) in [6.45, 7) is 2.82. The Kier molecular flexibility index (Phi) is 5.01. The van der Waals surface area contributed by atoms with Crippen LogP contribution in [0.15, 0.2) is 103 Å². The molecule has 0 fully saturated rings. The lowest BCUT2D eigenvalue weighted by Crippen LogP contribution is -2.24. The first-order valence-electron chi connectivity index (χ1n) is 15.5. The fraction of sp³-hybridized carbons (Fsp3) is 0.206. The molecule has 1 aliphatic heterocycles. The van der Waals surface area contributed by atoms with Gasteiger partial charge in [-0.3, -0.25) is 4.57 Å². The third-order valence-corrected chi connectivity index (χ3v) is 7.12. The van der Waals surface area contributed by atoms with Crippen LogP contribution in [0.1, 0.15) is 57.4 Å². The number of hydrogen-bond acceptors (Lipinski definition) is 4. The Labute approximate surface area is 237 Å². The van der Waals surface area contributed by atoms with Gasteiger partial charge in [-0.25, -0.2) is 4.98 Å². The number of imidazole rings is 1. The van der Waals surface area contributed by atoms with Gasteiger partial charge in [-0.1, -0.05) is 82.2 Å². The number of phenolic OH excluding ortho intramolecular Hbond substituents is 1. The minimum Gasteiger partial charge on any atom is -0.506 e. The monoisotopic (exact) mass is 519 g/mol. The number of para-hydroxylation sites is 5. The summed E-state index contributed by atoms with van der Waals surface area (Å²) in [6.07, 6.45) is 3.87. The zero-order valence-electron chi connectivity index (χ0n) is 27.3. The van der Waals surface area contributed by atoms with Gasteiger partial charge in [-0.05, 0) is 59.3 Å². The van der Waals surface area contributed by atoms with E-state index in [1.165, 1.54) is 6.92 Å². The molecule has 5 heteroatoms. The maximum atomic E-state index is 10.4. The van der Waals surface area contributed by atoms with Gasteiger partial charge in [-0.15, -0.1) is 0 Å². The number of aromatic nitrogens is 2. The zero-order chi connectivity index (χ0) is 31.4. The Morgan fingerprint density at radius 3 is 2.33 bits per heavy atom. The molecule has 2 heterocycles. The van der Waals surface area contributed by atoms with Gasteiger partial charge in [0.25, 0.3) is 0 Å². The Morgan fingerprint density at radius 2 is 1.54 bits per heavy atom. The van der Waals surface area contributed by atoms with E-state index in [0.29, 0.717) is 40.5 Å². The molecule has 196 valence electrons. The number of aromatic hydroxyl groups is 1. The van der Waals surface area contributed by atoms with Gasteiger partial charge >= 0.3 is 0 Å². The number of nitrogens with zero attached hydrogens (tertiary/aromatic N) is 4. The predicted octanol–water partition coefficient (Wildman–Crippen LogP) is 8.40. The summed E-state index contributed by atoms with van der Waals surface area (Å²) >= 11 is 0. The number of hydrogen-bond donors (Lipinski definition) is 1. The molecule has 4 aromatic carbocycles. The highest BCUT2D eigenvalue weighted by molar-refractivity contribution is 5.85. The van der Waals surface area contributed by atoms with Crippen molar-refractivity contribution in [1.29, 1.82) is 0 Å². The lowest BCUT2D eigenvalue weighted by atomic mass is 9.92. The summed E-state index contributed by atoms with van der Waals surface area (Å²) in [6, 6.07) is 28.0. The Hall–Kier alpha value is -4.51. The van der Waals surface area contributed by atoms with Crippen molar-refractivity contribution in [2.75, 3.05) is 16.5 Å². The molecule has 5 nitrogen and oxygen atoms in total. The number of benzene rings is 4. The minimum absolute atomic E-state index is 0.201. The molecule has 0 amide bonds. The standard InChI is InChI=1S/C34H34N4O/c1-23(2)27-13-10-14-28(24(3)4)33(27)38-30-16-6-5-15-29(30)35-34(38)25-11-9-12-26(21-25)36-19-20-37(22-36)31-17-7-8-18-32(31)39/h5-21,23-24,39H,22H2,1-4H3/i1D3,23D,24D. The first-order chi connectivity index (χ1) is 20.8. The molecular formula is C34H34N4O. The largest absolute Gasteiger partial charge is 0.506 e. The molecule has 1 atom stereocenters. The van der Waals surface area contributed by atoms with E-state index in [4.69, 9.17) is 11.8 Å². The smallest absolute Gasteiger partial charge is 0.145 e. The molecule has 0 saturated heterocycles. The Bertz CT molecular complexity index is 1890. The molecule has 1 aromatic heterocycles. The Balaban J connectivity index is 1.54. The molecule has 0 radical (unpaired) electrons. The van der Waals surface area contributed by atoms with Crippen LogP contribution < -0.4 is 9.80 Å². The molecule has 0 saturated carbocycles. The molecule has 1 aliphatic rings. The van der Waals surface area contributed by atoms with E-state index < -0.39 is 18.6 Å². The van der Waals surface area contributed by atoms with E-state index >= 15 is 0 Å². The number of phenols is 1. The summed E-state index contributed by atoms with van der Waals surface area (Å²) in [5, 5.41) is 10.4. The van der Waals surface area contributed by atoms with Crippen molar-refractivity contribution in [3.63, 3.8) is 0 Å². The van der Waals surface area contributed by atoms with Crippen LogP contribution in [0.4, 0.5) is 11.4 Å². The van der Waals surface area contributed by atoms with E-state index in [1.54, 1.807) is 38.1 Å². The van der Waals surface area contributed by atoms with Gasteiger partial charge in [0, 0.05) is 30.5 Å². The molecular weight excluding hydrogens is 480 g/mol. The van der Waals surface area contributed by atoms with Gasteiger partial charge in [0.2, 0.25) is 0 Å². The number of rotatable bonds is 6. The molecule has 1 unspecified atom stereocenters. The molecule has 6 rings (SSSR count). The van der Waals surface area contributed by atoms with Crippen LogP contribution in [-0.4, -0.2) is 21.3 Å². The summed E-state index contributed by atoms with van der Waals surface area (Å²) in [5.74, 6) is -2.28. The second-order valence-electron chi connectivity index (χ2n) is 10.0. The SMILES string of the molecule is [2H]C(C)(C)c1cccc(C([2H])(C)C([2H])([2H])[2H])c1-n1c(-c2cccc(N3C=CN(c4ccccc4O)C3)c2)nc2ccccc21. The van der Waals surface area contributed by atoms with E-state index in [1.807, 2.05) is 88.6 Å².